The lowest BCUT2D eigenvalue weighted by Crippen LogP contribution is -2.19. The number of carboxylic acid groups (broad SMARTS) is 1. The van der Waals surface area contributed by atoms with E-state index in [2.05, 4.69) is 13.8 Å². The van der Waals surface area contributed by atoms with E-state index in [0.29, 0.717) is 19.1 Å². The first-order valence-corrected chi connectivity index (χ1v) is 6.54. The summed E-state index contributed by atoms with van der Waals surface area (Å²) >= 11 is 0. The monoisotopic (exact) mass is 266 g/mol. The van der Waals surface area contributed by atoms with Crippen molar-refractivity contribution >= 4 is 5.97 Å². The molecule has 0 spiro atoms. The Kier molecular flexibility index (Phi) is 6.36. The largest absolute Gasteiger partial charge is 0.491 e. The summed E-state index contributed by atoms with van der Waals surface area (Å²) < 4.78 is 11.1. The van der Waals surface area contributed by atoms with Crippen LogP contribution < -0.4 is 4.74 Å². The number of carbonyl (C=O) groups is 1. The minimum absolute atomic E-state index is 0.0370. The van der Waals surface area contributed by atoms with Gasteiger partial charge in [-0.2, -0.15) is 0 Å². The van der Waals surface area contributed by atoms with Gasteiger partial charge >= 0.3 is 5.97 Å². The van der Waals surface area contributed by atoms with Gasteiger partial charge in [-0.3, -0.25) is 4.79 Å². The molecule has 0 aromatic heterocycles. The third-order valence-electron chi connectivity index (χ3n) is 2.95. The molecule has 4 heteroatoms. The second-order valence-electron chi connectivity index (χ2n) is 4.88. The highest BCUT2D eigenvalue weighted by molar-refractivity contribution is 5.70. The molecule has 0 fully saturated rings. The van der Waals surface area contributed by atoms with Crippen molar-refractivity contribution in [2.45, 2.75) is 33.3 Å². The van der Waals surface area contributed by atoms with Gasteiger partial charge in [-0.15, -0.1) is 0 Å². The summed E-state index contributed by atoms with van der Waals surface area (Å²) in [7, 11) is 0. The average molecular weight is 266 g/mol. The third-order valence-corrected chi connectivity index (χ3v) is 2.95. The van der Waals surface area contributed by atoms with E-state index in [1.165, 1.54) is 0 Å². The Morgan fingerprint density at radius 2 is 1.79 bits per heavy atom. The summed E-state index contributed by atoms with van der Waals surface area (Å²) in [5.74, 6) is 0.398. The molecular formula is C15H22O4. The highest BCUT2D eigenvalue weighted by Crippen LogP contribution is 2.13. The van der Waals surface area contributed by atoms with Crippen molar-refractivity contribution in [2.75, 3.05) is 13.2 Å². The Labute approximate surface area is 114 Å². The first kappa shape index (κ1) is 15.5. The topological polar surface area (TPSA) is 55.8 Å². The van der Waals surface area contributed by atoms with E-state index >= 15 is 0 Å². The van der Waals surface area contributed by atoms with Crippen LogP contribution in [0.5, 0.6) is 5.75 Å². The summed E-state index contributed by atoms with van der Waals surface area (Å²) in [6.45, 7) is 7.33. The number of hydrogen-bond donors (Lipinski definition) is 1. The standard InChI is InChI=1S/C15H22O4/c1-11(2)12(3)18-8-9-19-14-6-4-13(5-7-14)10-15(16)17/h4-7,11-12H,8-10H2,1-3H3,(H,16,17). The van der Waals surface area contributed by atoms with Crippen LogP contribution in [-0.4, -0.2) is 30.4 Å². The number of hydrogen-bond acceptors (Lipinski definition) is 3. The first-order valence-electron chi connectivity index (χ1n) is 6.54. The molecule has 1 aromatic carbocycles. The van der Waals surface area contributed by atoms with Gasteiger partial charge in [0.25, 0.3) is 0 Å². The lowest BCUT2D eigenvalue weighted by Gasteiger charge is -2.16. The molecular weight excluding hydrogens is 244 g/mol. The van der Waals surface area contributed by atoms with E-state index in [4.69, 9.17) is 14.6 Å². The van der Waals surface area contributed by atoms with Crippen LogP contribution in [0.25, 0.3) is 0 Å². The van der Waals surface area contributed by atoms with Crippen LogP contribution in [-0.2, 0) is 16.0 Å². The molecule has 1 N–H and O–H groups in total. The zero-order valence-corrected chi connectivity index (χ0v) is 11.8. The van der Waals surface area contributed by atoms with Gasteiger partial charge in [-0.05, 0) is 30.5 Å². The summed E-state index contributed by atoms with van der Waals surface area (Å²) in [6.07, 6.45) is 0.261. The zero-order chi connectivity index (χ0) is 14.3. The maximum absolute atomic E-state index is 10.5. The van der Waals surface area contributed by atoms with Crippen LogP contribution in [0.2, 0.25) is 0 Å². The zero-order valence-electron chi connectivity index (χ0n) is 11.8. The Hall–Kier alpha value is -1.55. The number of aliphatic carboxylic acids is 1. The molecule has 4 nitrogen and oxygen atoms in total. The normalized spacial score (nSPS) is 12.4. The quantitative estimate of drug-likeness (QED) is 0.735. The molecule has 1 rings (SSSR count). The van der Waals surface area contributed by atoms with Crippen LogP contribution in [0.15, 0.2) is 24.3 Å². The fourth-order valence-electron chi connectivity index (χ4n) is 1.46. The maximum atomic E-state index is 10.5. The van der Waals surface area contributed by atoms with Gasteiger partial charge in [0.05, 0.1) is 19.1 Å². The van der Waals surface area contributed by atoms with E-state index in [-0.39, 0.29) is 12.5 Å². The second kappa shape index (κ2) is 7.79. The average Bonchev–Trinajstić information content (AvgIpc) is 2.35. The lowest BCUT2D eigenvalue weighted by molar-refractivity contribution is -0.136. The molecule has 0 bridgehead atoms. The molecule has 19 heavy (non-hydrogen) atoms. The molecule has 106 valence electrons. The van der Waals surface area contributed by atoms with Gasteiger partial charge in [-0.1, -0.05) is 26.0 Å². The van der Waals surface area contributed by atoms with Crippen molar-refractivity contribution in [3.05, 3.63) is 29.8 Å². The van der Waals surface area contributed by atoms with Gasteiger partial charge in [0.2, 0.25) is 0 Å². The summed E-state index contributed by atoms with van der Waals surface area (Å²) in [5.41, 5.74) is 0.768. The molecule has 0 saturated heterocycles. The van der Waals surface area contributed by atoms with Gasteiger partial charge in [-0.25, -0.2) is 0 Å². The first-order chi connectivity index (χ1) is 8.99. The molecule has 0 amide bonds. The van der Waals surface area contributed by atoms with E-state index in [1.54, 1.807) is 24.3 Å². The molecule has 0 saturated carbocycles. The second-order valence-corrected chi connectivity index (χ2v) is 4.88. The van der Waals surface area contributed by atoms with Crippen molar-refractivity contribution < 1.29 is 19.4 Å². The Morgan fingerprint density at radius 1 is 1.16 bits per heavy atom. The molecule has 0 aliphatic carbocycles. The van der Waals surface area contributed by atoms with E-state index < -0.39 is 5.97 Å². The van der Waals surface area contributed by atoms with Gasteiger partial charge in [0.15, 0.2) is 0 Å². The van der Waals surface area contributed by atoms with Crippen molar-refractivity contribution in [3.63, 3.8) is 0 Å². The van der Waals surface area contributed by atoms with Crippen LogP contribution in [0.1, 0.15) is 26.3 Å². The molecule has 0 heterocycles. The third kappa shape index (κ3) is 6.25. The Balaban J connectivity index is 2.28. The number of benzene rings is 1. The minimum Gasteiger partial charge on any atom is -0.491 e. The van der Waals surface area contributed by atoms with Crippen LogP contribution in [0.3, 0.4) is 0 Å². The molecule has 0 aliphatic rings. The Morgan fingerprint density at radius 3 is 2.32 bits per heavy atom. The minimum atomic E-state index is -0.829. The molecule has 0 radical (unpaired) electrons. The van der Waals surface area contributed by atoms with E-state index in [1.807, 2.05) is 6.92 Å². The van der Waals surface area contributed by atoms with Crippen molar-refractivity contribution in [2.24, 2.45) is 5.92 Å². The van der Waals surface area contributed by atoms with Crippen molar-refractivity contribution in [1.82, 2.24) is 0 Å². The molecule has 1 atom stereocenters. The van der Waals surface area contributed by atoms with E-state index in [9.17, 15) is 4.79 Å². The van der Waals surface area contributed by atoms with Crippen LogP contribution >= 0.6 is 0 Å². The smallest absolute Gasteiger partial charge is 0.307 e. The van der Waals surface area contributed by atoms with Gasteiger partial charge < -0.3 is 14.6 Å². The number of ether oxygens (including phenoxy) is 2. The Bertz CT molecular complexity index is 384. The van der Waals surface area contributed by atoms with E-state index in [0.717, 1.165) is 11.3 Å². The lowest BCUT2D eigenvalue weighted by atomic mass is 10.1. The van der Waals surface area contributed by atoms with Gasteiger partial charge in [0.1, 0.15) is 12.4 Å². The molecule has 1 unspecified atom stereocenters. The fourth-order valence-corrected chi connectivity index (χ4v) is 1.46. The van der Waals surface area contributed by atoms with Crippen molar-refractivity contribution in [3.8, 4) is 5.75 Å². The highest BCUT2D eigenvalue weighted by atomic mass is 16.5. The summed E-state index contributed by atoms with van der Waals surface area (Å²) in [6, 6.07) is 7.09. The van der Waals surface area contributed by atoms with Crippen LogP contribution in [0.4, 0.5) is 0 Å². The maximum Gasteiger partial charge on any atom is 0.307 e. The summed E-state index contributed by atoms with van der Waals surface area (Å²) in [4.78, 5) is 10.5. The summed E-state index contributed by atoms with van der Waals surface area (Å²) in [5, 5.41) is 8.66. The predicted octanol–water partition coefficient (Wildman–Crippen LogP) is 2.75. The molecule has 0 aliphatic heterocycles. The molecule has 1 aromatic rings. The fraction of sp³-hybridized carbons (Fsp3) is 0.533. The highest BCUT2D eigenvalue weighted by Gasteiger charge is 2.06. The van der Waals surface area contributed by atoms with Crippen molar-refractivity contribution in [1.29, 1.82) is 0 Å². The van der Waals surface area contributed by atoms with Gasteiger partial charge in [0, 0.05) is 0 Å². The predicted molar refractivity (Wildman–Crippen MR) is 73.5 cm³/mol. The SMILES string of the molecule is CC(C)C(C)OCCOc1ccc(CC(=O)O)cc1. The number of rotatable bonds is 8. The number of carboxylic acids is 1. The van der Waals surface area contributed by atoms with Crippen LogP contribution in [0, 0.1) is 5.92 Å².